The van der Waals surface area contributed by atoms with Gasteiger partial charge >= 0.3 is 0 Å². The molecule has 1 rings (SSSR count). The Labute approximate surface area is 88.3 Å². The zero-order valence-electron chi connectivity index (χ0n) is 9.88. The van der Waals surface area contributed by atoms with E-state index < -0.39 is 0 Å². The van der Waals surface area contributed by atoms with Gasteiger partial charge in [0.15, 0.2) is 0 Å². The summed E-state index contributed by atoms with van der Waals surface area (Å²) in [5.41, 5.74) is 7.53. The third-order valence-electron chi connectivity index (χ3n) is 2.13. The van der Waals surface area contributed by atoms with E-state index in [1.807, 2.05) is 0 Å². The number of rotatable bonds is 3. The summed E-state index contributed by atoms with van der Waals surface area (Å²) in [6.07, 6.45) is 2.37. The molecule has 0 unspecified atom stereocenters. The second-order valence-electron chi connectivity index (χ2n) is 3.72. The zero-order chi connectivity index (χ0) is 11.0. The van der Waals surface area contributed by atoms with Crippen LogP contribution in [0, 0.1) is 5.92 Å². The van der Waals surface area contributed by atoms with E-state index in [0.717, 1.165) is 12.3 Å². The zero-order valence-corrected chi connectivity index (χ0v) is 9.88. The van der Waals surface area contributed by atoms with Gasteiger partial charge < -0.3 is 5.73 Å². The summed E-state index contributed by atoms with van der Waals surface area (Å²) in [4.78, 5) is 0. The highest BCUT2D eigenvalue weighted by molar-refractivity contribution is 5.27. The Morgan fingerprint density at radius 3 is 2.00 bits per heavy atom. The molecule has 1 aromatic rings. The van der Waals surface area contributed by atoms with E-state index in [2.05, 4.69) is 50.8 Å². The van der Waals surface area contributed by atoms with Gasteiger partial charge in [-0.3, -0.25) is 0 Å². The smallest absolute Gasteiger partial charge is 0.0195 e. The average molecular weight is 193 g/mol. The van der Waals surface area contributed by atoms with E-state index in [-0.39, 0.29) is 0 Å². The molecular formula is C13H23N. The molecule has 1 heteroatoms. The van der Waals surface area contributed by atoms with Gasteiger partial charge in [-0.2, -0.15) is 0 Å². The van der Waals surface area contributed by atoms with Crippen molar-refractivity contribution in [3.8, 4) is 0 Å². The molecule has 2 N–H and O–H groups in total. The topological polar surface area (TPSA) is 26.0 Å². The molecule has 0 bridgehead atoms. The summed E-state index contributed by atoms with van der Waals surface area (Å²) in [6, 6.07) is 8.75. The van der Waals surface area contributed by atoms with Crippen LogP contribution in [-0.2, 0) is 12.8 Å². The first-order valence-corrected chi connectivity index (χ1v) is 5.38. The second-order valence-corrected chi connectivity index (χ2v) is 3.72. The number of nitrogens with two attached hydrogens (primary N) is 1. The van der Waals surface area contributed by atoms with Crippen LogP contribution >= 0.6 is 0 Å². The third-order valence-corrected chi connectivity index (χ3v) is 2.13. The number of benzene rings is 1. The van der Waals surface area contributed by atoms with Crippen LogP contribution in [0.1, 0.15) is 31.9 Å². The monoisotopic (exact) mass is 193 g/mol. The lowest BCUT2D eigenvalue weighted by Crippen LogP contribution is -1.97. The Bertz CT molecular complexity index is 241. The van der Waals surface area contributed by atoms with Crippen molar-refractivity contribution in [2.24, 2.45) is 11.7 Å². The lowest BCUT2D eigenvalue weighted by molar-refractivity contribution is 0.643. The largest absolute Gasteiger partial charge is 0.333 e. The van der Waals surface area contributed by atoms with Gasteiger partial charge in [0.1, 0.15) is 0 Å². The lowest BCUT2D eigenvalue weighted by Gasteiger charge is -2.09. The fraction of sp³-hybridized carbons (Fsp3) is 0.538. The standard InChI is InChI=1S/C12H18.CH5N/c1-4-11-7-5-6-8-12(11)9-10(2)3;1-2/h5-8,10H,4,9H2,1-3H3;2H2,1H3. The molecule has 0 aliphatic carbocycles. The summed E-state index contributed by atoms with van der Waals surface area (Å²) < 4.78 is 0. The predicted octanol–water partition coefficient (Wildman–Crippen LogP) is 3.02. The lowest BCUT2D eigenvalue weighted by atomic mass is 9.97. The van der Waals surface area contributed by atoms with Gasteiger partial charge in [0.25, 0.3) is 0 Å². The van der Waals surface area contributed by atoms with Crippen LogP contribution < -0.4 is 5.73 Å². The molecule has 0 heterocycles. The highest BCUT2D eigenvalue weighted by Crippen LogP contribution is 2.13. The Morgan fingerprint density at radius 1 is 1.07 bits per heavy atom. The molecule has 80 valence electrons. The second kappa shape index (κ2) is 7.57. The maximum Gasteiger partial charge on any atom is -0.0195 e. The molecule has 0 saturated heterocycles. The van der Waals surface area contributed by atoms with Crippen molar-refractivity contribution in [1.82, 2.24) is 0 Å². The average Bonchev–Trinajstić information content (AvgIpc) is 2.21. The molecule has 0 fully saturated rings. The fourth-order valence-electron chi connectivity index (χ4n) is 1.54. The van der Waals surface area contributed by atoms with E-state index in [4.69, 9.17) is 0 Å². The first-order valence-electron chi connectivity index (χ1n) is 5.38. The van der Waals surface area contributed by atoms with E-state index in [1.54, 1.807) is 0 Å². The highest BCUT2D eigenvalue weighted by atomic mass is 14.4. The van der Waals surface area contributed by atoms with E-state index >= 15 is 0 Å². The van der Waals surface area contributed by atoms with E-state index in [0.29, 0.717) is 0 Å². The maximum atomic E-state index is 4.50. The molecule has 0 spiro atoms. The van der Waals surface area contributed by atoms with Crippen LogP contribution in [0.15, 0.2) is 24.3 Å². The first-order chi connectivity index (χ1) is 6.74. The van der Waals surface area contributed by atoms with Gasteiger partial charge in [-0.05, 0) is 36.9 Å². The van der Waals surface area contributed by atoms with Crippen molar-refractivity contribution in [2.45, 2.75) is 33.6 Å². The summed E-state index contributed by atoms with van der Waals surface area (Å²) >= 11 is 0. The minimum Gasteiger partial charge on any atom is -0.333 e. The Kier molecular flexibility index (Phi) is 7.13. The Morgan fingerprint density at radius 2 is 1.57 bits per heavy atom. The molecule has 0 aliphatic rings. The number of aryl methyl sites for hydroxylation is 1. The minimum atomic E-state index is 0.762. The van der Waals surface area contributed by atoms with Gasteiger partial charge in [-0.1, -0.05) is 45.0 Å². The molecule has 14 heavy (non-hydrogen) atoms. The van der Waals surface area contributed by atoms with E-state index in [1.165, 1.54) is 24.6 Å². The number of hydrogen-bond donors (Lipinski definition) is 1. The van der Waals surface area contributed by atoms with Gasteiger partial charge in [0, 0.05) is 0 Å². The van der Waals surface area contributed by atoms with Crippen molar-refractivity contribution in [1.29, 1.82) is 0 Å². The van der Waals surface area contributed by atoms with Crippen LogP contribution in [0.25, 0.3) is 0 Å². The van der Waals surface area contributed by atoms with E-state index in [9.17, 15) is 0 Å². The highest BCUT2D eigenvalue weighted by Gasteiger charge is 2.01. The normalized spacial score (nSPS) is 9.57. The fourth-order valence-corrected chi connectivity index (χ4v) is 1.54. The first kappa shape index (κ1) is 13.2. The molecule has 0 aromatic heterocycles. The number of hydrogen-bond acceptors (Lipinski definition) is 1. The molecule has 0 amide bonds. The molecule has 1 aromatic carbocycles. The summed E-state index contributed by atoms with van der Waals surface area (Å²) in [7, 11) is 1.50. The Balaban J connectivity index is 0.000000791. The summed E-state index contributed by atoms with van der Waals surface area (Å²) in [5.74, 6) is 0.762. The SMILES string of the molecule is CCc1ccccc1CC(C)C.CN. The minimum absolute atomic E-state index is 0.762. The third kappa shape index (κ3) is 4.43. The summed E-state index contributed by atoms with van der Waals surface area (Å²) in [6.45, 7) is 6.76. The van der Waals surface area contributed by atoms with Crippen LogP contribution in [-0.4, -0.2) is 7.05 Å². The van der Waals surface area contributed by atoms with Crippen molar-refractivity contribution >= 4 is 0 Å². The van der Waals surface area contributed by atoms with Crippen LogP contribution in [0.4, 0.5) is 0 Å². The Hall–Kier alpha value is -0.820. The van der Waals surface area contributed by atoms with Gasteiger partial charge in [0.2, 0.25) is 0 Å². The molecule has 0 saturated carbocycles. The molecular weight excluding hydrogens is 170 g/mol. The van der Waals surface area contributed by atoms with Crippen molar-refractivity contribution in [3.63, 3.8) is 0 Å². The quantitative estimate of drug-likeness (QED) is 0.784. The molecule has 1 nitrogen and oxygen atoms in total. The van der Waals surface area contributed by atoms with Gasteiger partial charge in [-0.15, -0.1) is 0 Å². The van der Waals surface area contributed by atoms with Crippen LogP contribution in [0.3, 0.4) is 0 Å². The maximum absolute atomic E-state index is 4.50. The van der Waals surface area contributed by atoms with Gasteiger partial charge in [0.05, 0.1) is 0 Å². The van der Waals surface area contributed by atoms with Crippen LogP contribution in [0.5, 0.6) is 0 Å². The molecule has 0 atom stereocenters. The van der Waals surface area contributed by atoms with Crippen LogP contribution in [0.2, 0.25) is 0 Å². The van der Waals surface area contributed by atoms with Crippen molar-refractivity contribution < 1.29 is 0 Å². The predicted molar refractivity (Wildman–Crippen MR) is 64.5 cm³/mol. The van der Waals surface area contributed by atoms with Gasteiger partial charge in [-0.25, -0.2) is 0 Å². The van der Waals surface area contributed by atoms with Crippen molar-refractivity contribution in [2.75, 3.05) is 7.05 Å². The van der Waals surface area contributed by atoms with Crippen molar-refractivity contribution in [3.05, 3.63) is 35.4 Å². The molecule has 0 radical (unpaired) electrons. The summed E-state index contributed by atoms with van der Waals surface area (Å²) in [5, 5.41) is 0. The molecule has 0 aliphatic heterocycles.